The number of allylic oxidation sites excluding steroid dienone is 10. The van der Waals surface area contributed by atoms with Gasteiger partial charge >= 0.3 is 5.97 Å². The number of carbonyl (C=O) groups is 1. The zero-order valence-corrected chi connectivity index (χ0v) is 35.6. The molecule has 308 valence electrons. The van der Waals surface area contributed by atoms with E-state index in [-0.39, 0.29) is 25.8 Å². The molecule has 0 aromatic heterocycles. The third kappa shape index (κ3) is 41.2. The molecule has 0 amide bonds. The summed E-state index contributed by atoms with van der Waals surface area (Å²) in [5.74, 6) is -0.352. The van der Waals surface area contributed by atoms with E-state index >= 15 is 0 Å². The number of carbonyl (C=O) groups excluding carboxylic acids is 1. The maximum Gasteiger partial charge on any atom is 0.306 e. The summed E-state index contributed by atoms with van der Waals surface area (Å²) >= 11 is 0. The van der Waals surface area contributed by atoms with Crippen LogP contribution in [-0.4, -0.2) is 70.7 Å². The van der Waals surface area contributed by atoms with E-state index < -0.39 is 13.9 Å². The van der Waals surface area contributed by atoms with Crippen LogP contribution in [0.1, 0.15) is 155 Å². The van der Waals surface area contributed by atoms with Gasteiger partial charge in [0, 0.05) is 13.0 Å². The number of unbranched alkanes of at least 4 members (excludes halogenated alkanes) is 14. The molecule has 0 aromatic carbocycles. The highest BCUT2D eigenvalue weighted by atomic mass is 31.2. The van der Waals surface area contributed by atoms with Crippen LogP contribution in [-0.2, 0) is 27.9 Å². The van der Waals surface area contributed by atoms with Gasteiger partial charge in [-0.2, -0.15) is 0 Å². The predicted molar refractivity (Wildman–Crippen MR) is 222 cm³/mol. The van der Waals surface area contributed by atoms with Crippen LogP contribution in [0.2, 0.25) is 0 Å². The second kappa shape index (κ2) is 37.1. The summed E-state index contributed by atoms with van der Waals surface area (Å²) in [5.41, 5.74) is 0. The van der Waals surface area contributed by atoms with Gasteiger partial charge in [-0.25, -0.2) is 0 Å². The monoisotopic (exact) mass is 766 g/mol. The minimum Gasteiger partial charge on any atom is -0.756 e. The van der Waals surface area contributed by atoms with E-state index in [4.69, 9.17) is 18.5 Å². The molecule has 2 unspecified atom stereocenters. The fourth-order valence-electron chi connectivity index (χ4n) is 5.28. The van der Waals surface area contributed by atoms with Crippen LogP contribution >= 0.6 is 7.82 Å². The number of esters is 1. The van der Waals surface area contributed by atoms with Crippen molar-refractivity contribution >= 4 is 13.8 Å². The van der Waals surface area contributed by atoms with Gasteiger partial charge in [0.2, 0.25) is 0 Å². The highest BCUT2D eigenvalue weighted by molar-refractivity contribution is 7.45. The zero-order chi connectivity index (χ0) is 39.1. The molecule has 53 heavy (non-hydrogen) atoms. The molecule has 0 radical (unpaired) electrons. The average Bonchev–Trinajstić information content (AvgIpc) is 3.11. The van der Waals surface area contributed by atoms with Crippen molar-refractivity contribution in [3.8, 4) is 0 Å². The molecule has 0 rings (SSSR count). The highest BCUT2D eigenvalue weighted by Gasteiger charge is 2.20. The number of ether oxygens (including phenoxy) is 2. The first-order chi connectivity index (χ1) is 25.6. The van der Waals surface area contributed by atoms with Crippen molar-refractivity contribution in [2.24, 2.45) is 0 Å². The minimum absolute atomic E-state index is 0.0195. The summed E-state index contributed by atoms with van der Waals surface area (Å²) in [7, 11) is 1.33. The van der Waals surface area contributed by atoms with E-state index in [0.29, 0.717) is 24.1 Å². The standard InChI is InChI=1S/C44H80NO7P/c1-6-8-10-12-14-16-18-19-20-21-22-23-24-25-26-28-30-32-34-36-39-49-41-43(42-51-53(47,48)50-40-38-45(3,4)5)52-44(46)37-35-33-31-29-27-17-15-13-11-9-7-2/h8,10,13-16,19-20,22-23,43H,6-7,9,11-12,17-18,21,24-42H2,1-5H3/b10-8-,15-13-,16-14-,20-19-,23-22-. The summed E-state index contributed by atoms with van der Waals surface area (Å²) < 4.78 is 34.5. The van der Waals surface area contributed by atoms with Crippen LogP contribution in [0.5, 0.6) is 0 Å². The van der Waals surface area contributed by atoms with Crippen molar-refractivity contribution in [1.82, 2.24) is 0 Å². The Morgan fingerprint density at radius 3 is 1.66 bits per heavy atom. The average molecular weight is 766 g/mol. The van der Waals surface area contributed by atoms with Gasteiger partial charge in [0.1, 0.15) is 19.3 Å². The molecule has 0 N–H and O–H groups in total. The Hall–Kier alpha value is -1.80. The van der Waals surface area contributed by atoms with E-state index in [2.05, 4.69) is 74.6 Å². The molecule has 2 atom stereocenters. The second-order valence-corrected chi connectivity index (χ2v) is 16.4. The first kappa shape index (κ1) is 51.2. The molecule has 0 saturated carbocycles. The van der Waals surface area contributed by atoms with Crippen molar-refractivity contribution in [2.45, 2.75) is 161 Å². The van der Waals surface area contributed by atoms with E-state index in [9.17, 15) is 14.3 Å². The van der Waals surface area contributed by atoms with E-state index in [1.807, 2.05) is 21.1 Å². The summed E-state index contributed by atoms with van der Waals surface area (Å²) in [6.07, 6.45) is 45.2. The van der Waals surface area contributed by atoms with Crippen molar-refractivity contribution in [3.63, 3.8) is 0 Å². The van der Waals surface area contributed by atoms with Gasteiger partial charge in [-0.1, -0.05) is 139 Å². The summed E-state index contributed by atoms with van der Waals surface area (Å²) in [5, 5.41) is 0. The third-order valence-corrected chi connectivity index (χ3v) is 9.52. The highest BCUT2D eigenvalue weighted by Crippen LogP contribution is 2.38. The lowest BCUT2D eigenvalue weighted by Gasteiger charge is -2.28. The molecule has 8 nitrogen and oxygen atoms in total. The van der Waals surface area contributed by atoms with Crippen LogP contribution in [0.3, 0.4) is 0 Å². The molecule has 0 aliphatic heterocycles. The fraction of sp³-hybridized carbons (Fsp3) is 0.750. The fourth-order valence-corrected chi connectivity index (χ4v) is 6.01. The van der Waals surface area contributed by atoms with E-state index in [1.54, 1.807) is 0 Å². The summed E-state index contributed by atoms with van der Waals surface area (Å²) in [6, 6.07) is 0. The van der Waals surface area contributed by atoms with Crippen molar-refractivity contribution in [3.05, 3.63) is 60.8 Å². The lowest BCUT2D eigenvalue weighted by Crippen LogP contribution is -2.37. The number of phosphoric ester groups is 1. The quantitative estimate of drug-likeness (QED) is 0.0203. The molecule has 9 heteroatoms. The zero-order valence-electron chi connectivity index (χ0n) is 34.7. The van der Waals surface area contributed by atoms with Gasteiger partial charge in [0.15, 0.2) is 0 Å². The Kier molecular flexibility index (Phi) is 35.9. The maximum absolute atomic E-state index is 12.6. The van der Waals surface area contributed by atoms with Crippen molar-refractivity contribution in [1.29, 1.82) is 0 Å². The van der Waals surface area contributed by atoms with Crippen molar-refractivity contribution in [2.75, 3.05) is 54.1 Å². The van der Waals surface area contributed by atoms with Crippen molar-refractivity contribution < 1.29 is 37.3 Å². The number of phosphoric acid groups is 1. The largest absolute Gasteiger partial charge is 0.756 e. The number of nitrogens with zero attached hydrogens (tertiary/aromatic N) is 1. The first-order valence-electron chi connectivity index (χ1n) is 21.0. The van der Waals surface area contributed by atoms with Crippen LogP contribution in [0.4, 0.5) is 0 Å². The van der Waals surface area contributed by atoms with Gasteiger partial charge < -0.3 is 27.9 Å². The number of rotatable bonds is 38. The molecule has 0 heterocycles. The third-order valence-electron chi connectivity index (χ3n) is 8.55. The Morgan fingerprint density at radius 1 is 0.604 bits per heavy atom. The number of hydrogen-bond acceptors (Lipinski definition) is 7. The topological polar surface area (TPSA) is 94.1 Å². The molecule has 0 saturated heterocycles. The first-order valence-corrected chi connectivity index (χ1v) is 22.5. The second-order valence-electron chi connectivity index (χ2n) is 15.0. The van der Waals surface area contributed by atoms with Gasteiger partial charge in [0.05, 0.1) is 34.4 Å². The number of quaternary nitrogens is 1. The molecule has 0 spiro atoms. The van der Waals surface area contributed by atoms with Gasteiger partial charge in [-0.15, -0.1) is 0 Å². The molecular formula is C44H80NO7P. The normalized spacial score (nSPS) is 14.5. The molecule has 0 aliphatic carbocycles. The van der Waals surface area contributed by atoms with Gasteiger partial charge in [-0.3, -0.25) is 9.36 Å². The van der Waals surface area contributed by atoms with Crippen LogP contribution in [0.25, 0.3) is 0 Å². The van der Waals surface area contributed by atoms with Gasteiger partial charge in [-0.05, 0) is 70.6 Å². The predicted octanol–water partition coefficient (Wildman–Crippen LogP) is 11.5. The Balaban J connectivity index is 4.24. The van der Waals surface area contributed by atoms with E-state index in [1.165, 1.54) is 51.4 Å². The maximum atomic E-state index is 12.6. The summed E-state index contributed by atoms with van der Waals surface area (Å²) in [4.78, 5) is 25.0. The van der Waals surface area contributed by atoms with Crippen LogP contribution in [0.15, 0.2) is 60.8 Å². The Morgan fingerprint density at radius 2 is 1.09 bits per heavy atom. The lowest BCUT2D eigenvalue weighted by atomic mass is 10.1. The smallest absolute Gasteiger partial charge is 0.306 e. The summed E-state index contributed by atoms with van der Waals surface area (Å²) in [6.45, 7) is 5.20. The number of likely N-dealkylation sites (N-methyl/N-ethyl adjacent to an activating group) is 1. The molecule has 0 fully saturated rings. The van der Waals surface area contributed by atoms with Crippen LogP contribution in [0, 0.1) is 0 Å². The lowest BCUT2D eigenvalue weighted by molar-refractivity contribution is -0.870. The molecule has 0 bridgehead atoms. The molecular weight excluding hydrogens is 685 g/mol. The Bertz CT molecular complexity index is 1030. The minimum atomic E-state index is -4.53. The molecule has 0 aliphatic rings. The molecule has 0 aromatic rings. The number of hydrogen-bond donors (Lipinski definition) is 0. The van der Waals surface area contributed by atoms with E-state index in [0.717, 1.165) is 83.5 Å². The van der Waals surface area contributed by atoms with Crippen LogP contribution < -0.4 is 4.89 Å². The SMILES string of the molecule is CC/C=C\C/C=C\C/C=C\C/C=C\CCCCCCCCCOCC(COP(=O)([O-])OCC[N+](C)(C)C)OC(=O)CCCCCCC/C=C\CCCC. The Labute approximate surface area is 326 Å². The van der Waals surface area contributed by atoms with Gasteiger partial charge in [0.25, 0.3) is 7.82 Å².